The van der Waals surface area contributed by atoms with Gasteiger partial charge in [-0.1, -0.05) is 30.3 Å². The number of rotatable bonds is 7. The molecule has 0 spiro atoms. The lowest BCUT2D eigenvalue weighted by Crippen LogP contribution is -2.25. The Balaban J connectivity index is 1.58. The van der Waals surface area contributed by atoms with E-state index in [0.717, 1.165) is 12.8 Å². The normalized spacial score (nSPS) is 10.4. The Labute approximate surface area is 118 Å². The summed E-state index contributed by atoms with van der Waals surface area (Å²) in [5.74, 6) is 1.07. The topological polar surface area (TPSA) is 68.0 Å². The number of benzene rings is 1. The van der Waals surface area contributed by atoms with Gasteiger partial charge in [0, 0.05) is 26.3 Å². The van der Waals surface area contributed by atoms with Crippen molar-refractivity contribution in [2.45, 2.75) is 32.6 Å². The van der Waals surface area contributed by atoms with E-state index in [0.29, 0.717) is 31.2 Å². The number of carbonyl (C=O) groups is 1. The number of aryl methyl sites for hydroxylation is 3. The van der Waals surface area contributed by atoms with Gasteiger partial charge in [0.2, 0.25) is 17.7 Å². The van der Waals surface area contributed by atoms with Crippen molar-refractivity contribution in [2.75, 3.05) is 6.54 Å². The summed E-state index contributed by atoms with van der Waals surface area (Å²) in [6, 6.07) is 10.3. The van der Waals surface area contributed by atoms with Crippen molar-refractivity contribution in [1.29, 1.82) is 0 Å². The zero-order chi connectivity index (χ0) is 14.2. The molecule has 0 radical (unpaired) electrons. The van der Waals surface area contributed by atoms with E-state index in [2.05, 4.69) is 27.6 Å². The number of carbonyl (C=O) groups excluding carboxylic acids is 1. The first-order valence-corrected chi connectivity index (χ1v) is 6.83. The third-order valence-electron chi connectivity index (χ3n) is 2.94. The van der Waals surface area contributed by atoms with Gasteiger partial charge in [0.25, 0.3) is 0 Å². The molecule has 0 saturated carbocycles. The first kappa shape index (κ1) is 14.2. The lowest BCUT2D eigenvalue weighted by Gasteiger charge is -2.04. The van der Waals surface area contributed by atoms with Gasteiger partial charge in [-0.2, -0.15) is 0 Å². The minimum absolute atomic E-state index is 0.0221. The van der Waals surface area contributed by atoms with Crippen LogP contribution in [0.25, 0.3) is 0 Å². The molecular formula is C15H19N3O2. The predicted molar refractivity (Wildman–Crippen MR) is 75.1 cm³/mol. The zero-order valence-corrected chi connectivity index (χ0v) is 11.6. The molecule has 0 aliphatic heterocycles. The highest BCUT2D eigenvalue weighted by Crippen LogP contribution is 2.03. The SMILES string of the molecule is Cc1nnc(CCC(=O)NCCCc2ccccc2)o1. The Kier molecular flexibility index (Phi) is 5.29. The smallest absolute Gasteiger partial charge is 0.220 e. The van der Waals surface area contributed by atoms with Crippen LogP contribution in [0, 0.1) is 6.92 Å². The molecule has 0 aliphatic rings. The van der Waals surface area contributed by atoms with E-state index in [1.165, 1.54) is 5.56 Å². The summed E-state index contributed by atoms with van der Waals surface area (Å²) in [6.07, 6.45) is 2.79. The van der Waals surface area contributed by atoms with E-state index in [4.69, 9.17) is 4.42 Å². The van der Waals surface area contributed by atoms with Gasteiger partial charge in [0.05, 0.1) is 0 Å². The summed E-state index contributed by atoms with van der Waals surface area (Å²) in [6.45, 7) is 2.43. The molecule has 0 saturated heterocycles. The number of hydrogen-bond acceptors (Lipinski definition) is 4. The van der Waals surface area contributed by atoms with Gasteiger partial charge in [-0.05, 0) is 18.4 Å². The first-order chi connectivity index (χ1) is 9.74. The Morgan fingerprint density at radius 3 is 2.70 bits per heavy atom. The maximum absolute atomic E-state index is 11.6. The summed E-state index contributed by atoms with van der Waals surface area (Å²) in [7, 11) is 0. The van der Waals surface area contributed by atoms with Crippen LogP contribution in [0.3, 0.4) is 0 Å². The highest BCUT2D eigenvalue weighted by atomic mass is 16.4. The molecule has 106 valence electrons. The fourth-order valence-electron chi connectivity index (χ4n) is 1.91. The molecule has 0 atom stereocenters. The molecule has 0 unspecified atom stereocenters. The summed E-state index contributed by atoms with van der Waals surface area (Å²) in [5, 5.41) is 10.5. The highest BCUT2D eigenvalue weighted by Gasteiger charge is 2.06. The molecule has 2 rings (SSSR count). The molecule has 20 heavy (non-hydrogen) atoms. The Hall–Kier alpha value is -2.17. The van der Waals surface area contributed by atoms with Gasteiger partial charge in [0.15, 0.2) is 0 Å². The fourth-order valence-corrected chi connectivity index (χ4v) is 1.91. The van der Waals surface area contributed by atoms with Gasteiger partial charge >= 0.3 is 0 Å². The Morgan fingerprint density at radius 1 is 1.20 bits per heavy atom. The van der Waals surface area contributed by atoms with Crippen LogP contribution in [0.2, 0.25) is 0 Å². The number of nitrogens with zero attached hydrogens (tertiary/aromatic N) is 2. The lowest BCUT2D eigenvalue weighted by atomic mass is 10.1. The van der Waals surface area contributed by atoms with E-state index in [1.54, 1.807) is 6.92 Å². The van der Waals surface area contributed by atoms with Gasteiger partial charge < -0.3 is 9.73 Å². The van der Waals surface area contributed by atoms with E-state index >= 15 is 0 Å². The van der Waals surface area contributed by atoms with Gasteiger partial charge in [-0.25, -0.2) is 0 Å². The maximum atomic E-state index is 11.6. The monoisotopic (exact) mass is 273 g/mol. The molecule has 1 amide bonds. The molecule has 5 nitrogen and oxygen atoms in total. The summed E-state index contributed by atoms with van der Waals surface area (Å²) < 4.78 is 5.22. The fraction of sp³-hybridized carbons (Fsp3) is 0.400. The van der Waals surface area contributed by atoms with Crippen molar-refractivity contribution in [3.05, 3.63) is 47.7 Å². The standard InChI is InChI=1S/C15H19N3O2/c1-12-17-18-15(20-12)10-9-14(19)16-11-5-8-13-6-3-2-4-7-13/h2-4,6-7H,5,8-11H2,1H3,(H,16,19). The van der Waals surface area contributed by atoms with Crippen LogP contribution >= 0.6 is 0 Å². The van der Waals surface area contributed by atoms with Crippen LogP contribution in [0.15, 0.2) is 34.7 Å². The van der Waals surface area contributed by atoms with E-state index < -0.39 is 0 Å². The molecule has 0 fully saturated rings. The van der Waals surface area contributed by atoms with Crippen LogP contribution in [-0.4, -0.2) is 22.6 Å². The molecule has 1 N–H and O–H groups in total. The Bertz CT molecular complexity index is 537. The van der Waals surface area contributed by atoms with Crippen LogP contribution in [0.4, 0.5) is 0 Å². The predicted octanol–water partition coefficient (Wildman–Crippen LogP) is 2.06. The van der Waals surface area contributed by atoms with E-state index in [9.17, 15) is 4.79 Å². The maximum Gasteiger partial charge on any atom is 0.220 e. The third-order valence-corrected chi connectivity index (χ3v) is 2.94. The number of nitrogens with one attached hydrogen (secondary N) is 1. The van der Waals surface area contributed by atoms with Crippen LogP contribution in [0.5, 0.6) is 0 Å². The van der Waals surface area contributed by atoms with Gasteiger partial charge in [-0.3, -0.25) is 4.79 Å². The molecule has 1 heterocycles. The highest BCUT2D eigenvalue weighted by molar-refractivity contribution is 5.75. The molecule has 1 aromatic heterocycles. The number of amides is 1. The molecule has 0 bridgehead atoms. The zero-order valence-electron chi connectivity index (χ0n) is 11.6. The van der Waals surface area contributed by atoms with Crippen molar-refractivity contribution >= 4 is 5.91 Å². The van der Waals surface area contributed by atoms with Crippen LogP contribution < -0.4 is 5.32 Å². The second-order valence-corrected chi connectivity index (χ2v) is 4.65. The van der Waals surface area contributed by atoms with Crippen molar-refractivity contribution in [3.63, 3.8) is 0 Å². The average molecular weight is 273 g/mol. The van der Waals surface area contributed by atoms with Gasteiger partial charge in [-0.15, -0.1) is 10.2 Å². The molecule has 5 heteroatoms. The second kappa shape index (κ2) is 7.43. The van der Waals surface area contributed by atoms with Crippen molar-refractivity contribution in [2.24, 2.45) is 0 Å². The van der Waals surface area contributed by atoms with Gasteiger partial charge in [0.1, 0.15) is 0 Å². The lowest BCUT2D eigenvalue weighted by molar-refractivity contribution is -0.121. The molecular weight excluding hydrogens is 254 g/mol. The second-order valence-electron chi connectivity index (χ2n) is 4.65. The van der Waals surface area contributed by atoms with Crippen molar-refractivity contribution < 1.29 is 9.21 Å². The minimum atomic E-state index is 0.0221. The number of hydrogen-bond donors (Lipinski definition) is 1. The summed E-state index contributed by atoms with van der Waals surface area (Å²) >= 11 is 0. The van der Waals surface area contributed by atoms with Crippen molar-refractivity contribution in [1.82, 2.24) is 15.5 Å². The molecule has 2 aromatic rings. The van der Waals surface area contributed by atoms with Crippen molar-refractivity contribution in [3.8, 4) is 0 Å². The Morgan fingerprint density at radius 2 is 2.00 bits per heavy atom. The third kappa shape index (κ3) is 4.84. The minimum Gasteiger partial charge on any atom is -0.426 e. The molecule has 0 aliphatic carbocycles. The first-order valence-electron chi connectivity index (χ1n) is 6.83. The van der Waals surface area contributed by atoms with E-state index in [1.807, 2.05) is 18.2 Å². The van der Waals surface area contributed by atoms with Crippen LogP contribution in [0.1, 0.15) is 30.2 Å². The summed E-state index contributed by atoms with van der Waals surface area (Å²) in [4.78, 5) is 11.6. The van der Waals surface area contributed by atoms with Crippen LogP contribution in [-0.2, 0) is 17.6 Å². The quantitative estimate of drug-likeness (QED) is 0.784. The molecule has 1 aromatic carbocycles. The number of aromatic nitrogens is 2. The average Bonchev–Trinajstić information content (AvgIpc) is 2.88. The largest absolute Gasteiger partial charge is 0.426 e. The van der Waals surface area contributed by atoms with E-state index in [-0.39, 0.29) is 5.91 Å². The summed E-state index contributed by atoms with van der Waals surface area (Å²) in [5.41, 5.74) is 1.29.